The maximum Gasteiger partial charge on any atom is 0.243 e. The Hall–Kier alpha value is -2.71. The summed E-state index contributed by atoms with van der Waals surface area (Å²) in [7, 11) is 0. The zero-order chi connectivity index (χ0) is 19.4. The van der Waals surface area contributed by atoms with Crippen LogP contribution in [0, 0.1) is 17.8 Å². The molecule has 0 unspecified atom stereocenters. The molecule has 1 aliphatic heterocycles. The highest BCUT2D eigenvalue weighted by Crippen LogP contribution is 2.48. The minimum absolute atomic E-state index is 0.0119. The average Bonchev–Trinajstić information content (AvgIpc) is 3.11. The zero-order valence-corrected chi connectivity index (χ0v) is 15.9. The summed E-state index contributed by atoms with van der Waals surface area (Å²) in [6.45, 7) is 3.06. The van der Waals surface area contributed by atoms with Gasteiger partial charge in [0.2, 0.25) is 11.8 Å². The van der Waals surface area contributed by atoms with Crippen LogP contribution >= 0.6 is 0 Å². The maximum atomic E-state index is 13.1. The summed E-state index contributed by atoms with van der Waals surface area (Å²) in [5.74, 6) is 2.02. The lowest BCUT2D eigenvalue weighted by atomic mass is 9.76. The summed E-state index contributed by atoms with van der Waals surface area (Å²) < 4.78 is 1.68. The molecular formula is C19H25N7O2. The predicted octanol–water partition coefficient (Wildman–Crippen LogP) is 0.560. The van der Waals surface area contributed by atoms with E-state index < -0.39 is 0 Å². The van der Waals surface area contributed by atoms with Gasteiger partial charge in [-0.1, -0.05) is 6.92 Å². The van der Waals surface area contributed by atoms with Gasteiger partial charge in [-0.15, -0.1) is 0 Å². The van der Waals surface area contributed by atoms with Crippen molar-refractivity contribution in [2.24, 2.45) is 17.8 Å². The lowest BCUT2D eigenvalue weighted by Gasteiger charge is -2.33. The third kappa shape index (κ3) is 2.89. The molecular weight excluding hydrogens is 358 g/mol. The Bertz CT molecular complexity index is 936. The van der Waals surface area contributed by atoms with Crippen LogP contribution in [-0.4, -0.2) is 54.9 Å². The molecule has 2 aliphatic carbocycles. The molecule has 2 amide bonds. The fourth-order valence-corrected chi connectivity index (χ4v) is 4.89. The van der Waals surface area contributed by atoms with E-state index in [1.165, 1.54) is 19.2 Å². The largest absolute Gasteiger partial charge is 0.382 e. The predicted molar refractivity (Wildman–Crippen MR) is 102 cm³/mol. The number of carbonyl (C=O) groups excluding carboxylic acids is 2. The van der Waals surface area contributed by atoms with Crippen molar-refractivity contribution < 1.29 is 9.59 Å². The first-order valence-corrected chi connectivity index (χ1v) is 10.0. The van der Waals surface area contributed by atoms with Gasteiger partial charge in [-0.2, -0.15) is 0 Å². The minimum Gasteiger partial charge on any atom is -0.382 e. The van der Waals surface area contributed by atoms with E-state index in [9.17, 15) is 9.59 Å². The van der Waals surface area contributed by atoms with E-state index in [0.29, 0.717) is 28.8 Å². The first-order chi connectivity index (χ1) is 13.5. The molecule has 5 rings (SSSR count). The van der Waals surface area contributed by atoms with E-state index in [4.69, 9.17) is 5.73 Å². The first-order valence-electron chi connectivity index (χ1n) is 10.0. The number of hydrogen-bond acceptors (Lipinski definition) is 6. The average molecular weight is 383 g/mol. The van der Waals surface area contributed by atoms with Gasteiger partial charge in [0.1, 0.15) is 24.4 Å². The number of imidazole rings is 1. The smallest absolute Gasteiger partial charge is 0.243 e. The Balaban J connectivity index is 1.27. The number of amides is 2. The summed E-state index contributed by atoms with van der Waals surface area (Å²) >= 11 is 0. The van der Waals surface area contributed by atoms with E-state index >= 15 is 0 Å². The van der Waals surface area contributed by atoms with Gasteiger partial charge in [0.05, 0.1) is 6.33 Å². The van der Waals surface area contributed by atoms with Crippen LogP contribution in [-0.2, 0) is 16.1 Å². The van der Waals surface area contributed by atoms with Crippen molar-refractivity contribution >= 4 is 28.8 Å². The highest BCUT2D eigenvalue weighted by molar-refractivity contribution is 5.90. The Morgan fingerprint density at radius 1 is 1.21 bits per heavy atom. The van der Waals surface area contributed by atoms with Crippen LogP contribution < -0.4 is 11.1 Å². The molecule has 1 saturated heterocycles. The Morgan fingerprint density at radius 2 is 2.04 bits per heavy atom. The topological polar surface area (TPSA) is 119 Å². The van der Waals surface area contributed by atoms with Crippen LogP contribution in [0.5, 0.6) is 0 Å². The SMILES string of the molecule is CC1CC(CNC(=O)[C@@H]2C[C@H]3C[C@H]3N2C(=O)Cn2cnc3c(N)ncnc32)C1. The molecule has 3 atom stereocenters. The molecule has 3 heterocycles. The monoisotopic (exact) mass is 383 g/mol. The molecule has 0 spiro atoms. The molecule has 2 aromatic rings. The van der Waals surface area contributed by atoms with Crippen LogP contribution in [0.25, 0.3) is 11.2 Å². The highest BCUT2D eigenvalue weighted by atomic mass is 16.2. The van der Waals surface area contributed by atoms with E-state index in [1.807, 2.05) is 0 Å². The molecule has 3 N–H and O–H groups in total. The molecule has 9 heteroatoms. The second kappa shape index (κ2) is 6.42. The van der Waals surface area contributed by atoms with Gasteiger partial charge in [0.15, 0.2) is 11.5 Å². The number of fused-ring (bicyclic) bond motifs is 2. The zero-order valence-electron chi connectivity index (χ0n) is 15.9. The van der Waals surface area contributed by atoms with Crippen molar-refractivity contribution in [3.05, 3.63) is 12.7 Å². The number of nitrogens with zero attached hydrogens (tertiary/aromatic N) is 5. The molecule has 0 aromatic carbocycles. The summed E-state index contributed by atoms with van der Waals surface area (Å²) in [5.41, 5.74) is 6.85. The summed E-state index contributed by atoms with van der Waals surface area (Å²) in [5, 5.41) is 3.08. The number of nitrogens with two attached hydrogens (primary N) is 1. The van der Waals surface area contributed by atoms with Crippen LogP contribution in [0.3, 0.4) is 0 Å². The van der Waals surface area contributed by atoms with Crippen molar-refractivity contribution in [1.29, 1.82) is 0 Å². The molecule has 2 saturated carbocycles. The maximum absolute atomic E-state index is 13.1. The van der Waals surface area contributed by atoms with Crippen LogP contribution in [0.15, 0.2) is 12.7 Å². The van der Waals surface area contributed by atoms with Gasteiger partial charge < -0.3 is 20.5 Å². The van der Waals surface area contributed by atoms with Gasteiger partial charge in [-0.25, -0.2) is 15.0 Å². The molecule has 28 heavy (non-hydrogen) atoms. The molecule has 3 fully saturated rings. The fraction of sp³-hybridized carbons (Fsp3) is 0.632. The van der Waals surface area contributed by atoms with Crippen LogP contribution in [0.4, 0.5) is 5.82 Å². The van der Waals surface area contributed by atoms with Crippen molar-refractivity contribution in [3.63, 3.8) is 0 Å². The summed E-state index contributed by atoms with van der Waals surface area (Å²) in [6.07, 6.45) is 7.04. The normalized spacial score (nSPS) is 30.8. The lowest BCUT2D eigenvalue weighted by molar-refractivity contribution is -0.140. The third-order valence-electron chi connectivity index (χ3n) is 6.47. The van der Waals surface area contributed by atoms with Crippen molar-refractivity contribution in [3.8, 4) is 0 Å². The van der Waals surface area contributed by atoms with Crippen molar-refractivity contribution in [2.75, 3.05) is 12.3 Å². The van der Waals surface area contributed by atoms with Crippen LogP contribution in [0.2, 0.25) is 0 Å². The van der Waals surface area contributed by atoms with E-state index in [0.717, 1.165) is 25.3 Å². The number of nitrogen functional groups attached to an aromatic ring is 1. The second-order valence-electron chi connectivity index (χ2n) is 8.61. The number of anilines is 1. The number of likely N-dealkylation sites (tertiary alicyclic amines) is 1. The number of nitrogens with one attached hydrogen (secondary N) is 1. The van der Waals surface area contributed by atoms with Gasteiger partial charge in [0, 0.05) is 12.6 Å². The van der Waals surface area contributed by atoms with Gasteiger partial charge in [-0.05, 0) is 43.4 Å². The molecule has 148 valence electrons. The Morgan fingerprint density at radius 3 is 2.82 bits per heavy atom. The van der Waals surface area contributed by atoms with Gasteiger partial charge in [-0.3, -0.25) is 9.59 Å². The molecule has 3 aliphatic rings. The third-order valence-corrected chi connectivity index (χ3v) is 6.47. The number of rotatable bonds is 5. The molecule has 0 bridgehead atoms. The van der Waals surface area contributed by atoms with Gasteiger partial charge >= 0.3 is 0 Å². The van der Waals surface area contributed by atoms with E-state index in [1.54, 1.807) is 15.8 Å². The number of piperidine rings is 1. The minimum atomic E-state index is -0.358. The Labute approximate surface area is 162 Å². The Kier molecular flexibility index (Phi) is 3.99. The summed E-state index contributed by atoms with van der Waals surface area (Å²) in [6, 6.07) is -0.162. The summed E-state index contributed by atoms with van der Waals surface area (Å²) in [4.78, 5) is 39.9. The van der Waals surface area contributed by atoms with Gasteiger partial charge in [0.25, 0.3) is 0 Å². The lowest BCUT2D eigenvalue weighted by Crippen LogP contribution is -2.50. The van der Waals surface area contributed by atoms with E-state index in [2.05, 4.69) is 27.2 Å². The van der Waals surface area contributed by atoms with E-state index in [-0.39, 0.29) is 30.4 Å². The van der Waals surface area contributed by atoms with Crippen molar-refractivity contribution in [1.82, 2.24) is 29.7 Å². The standard InChI is InChI=1S/C19H25N7O2/c1-10-2-11(3-10)6-21-19(28)14-5-12-4-13(12)26(14)15(27)7-25-9-24-16-17(20)22-8-23-18(16)25/h8-14H,2-7H2,1H3,(H,21,28)(H2,20,22,23)/t10?,11?,12-,13-,14+/m1/s1. The highest BCUT2D eigenvalue weighted by Gasteiger charge is 2.55. The van der Waals surface area contributed by atoms with Crippen molar-refractivity contribution in [2.45, 2.75) is 51.2 Å². The second-order valence-corrected chi connectivity index (χ2v) is 8.61. The number of carbonyl (C=O) groups is 2. The van der Waals surface area contributed by atoms with Crippen LogP contribution in [0.1, 0.15) is 32.6 Å². The number of aromatic nitrogens is 4. The molecule has 0 radical (unpaired) electrons. The number of hydrogen-bond donors (Lipinski definition) is 2. The molecule has 9 nitrogen and oxygen atoms in total. The molecule has 2 aromatic heterocycles. The first kappa shape index (κ1) is 17.4. The fourth-order valence-electron chi connectivity index (χ4n) is 4.89. The quantitative estimate of drug-likeness (QED) is 0.779.